The minimum absolute atomic E-state index is 0.151. The fourth-order valence-electron chi connectivity index (χ4n) is 5.23. The maximum Gasteiger partial charge on any atom is 0.339 e. The molecule has 0 spiro atoms. The van der Waals surface area contributed by atoms with E-state index in [0.717, 1.165) is 6.42 Å². The van der Waals surface area contributed by atoms with Crippen LogP contribution >= 0.6 is 11.6 Å². The second kappa shape index (κ2) is 5.43. The highest BCUT2D eigenvalue weighted by Gasteiger charge is 2.67. The first-order valence-corrected chi connectivity index (χ1v) is 9.43. The van der Waals surface area contributed by atoms with Gasteiger partial charge in [-0.25, -0.2) is 9.69 Å². The van der Waals surface area contributed by atoms with Gasteiger partial charge in [-0.2, -0.15) is 0 Å². The predicted molar refractivity (Wildman–Crippen MR) is 94.6 cm³/mol. The molecule has 6 rings (SSSR count). The molecule has 4 aliphatic carbocycles. The summed E-state index contributed by atoms with van der Waals surface area (Å²) in [4.78, 5) is 39.6. The molecule has 0 aromatic heterocycles. The molecule has 2 amide bonds. The first kappa shape index (κ1) is 16.1. The number of benzene rings is 1. The van der Waals surface area contributed by atoms with Crippen LogP contribution in [0.3, 0.4) is 0 Å². The van der Waals surface area contributed by atoms with Crippen molar-refractivity contribution in [3.8, 4) is 0 Å². The zero-order valence-electron chi connectivity index (χ0n) is 14.2. The smallest absolute Gasteiger partial charge is 0.339 e. The van der Waals surface area contributed by atoms with Crippen LogP contribution in [-0.2, 0) is 14.3 Å². The molecular weight excluding hydrogens is 354 g/mol. The van der Waals surface area contributed by atoms with E-state index in [4.69, 9.17) is 16.3 Å². The lowest BCUT2D eigenvalue weighted by Gasteiger charge is -2.37. The molecule has 6 atom stereocenters. The molecule has 0 unspecified atom stereocenters. The van der Waals surface area contributed by atoms with Crippen LogP contribution in [0, 0.1) is 35.5 Å². The number of amides is 2. The molecule has 1 aromatic rings. The number of esters is 1. The van der Waals surface area contributed by atoms with Gasteiger partial charge in [-0.15, -0.1) is 0 Å². The normalized spacial score (nSPS) is 36.2. The summed E-state index contributed by atoms with van der Waals surface area (Å²) in [7, 11) is 0. The topological polar surface area (TPSA) is 63.7 Å². The molecule has 1 aromatic carbocycles. The van der Waals surface area contributed by atoms with E-state index in [1.807, 2.05) is 0 Å². The van der Waals surface area contributed by atoms with Gasteiger partial charge in [-0.1, -0.05) is 23.8 Å². The van der Waals surface area contributed by atoms with Gasteiger partial charge in [0, 0.05) is 0 Å². The summed E-state index contributed by atoms with van der Waals surface area (Å²) in [6, 6.07) is 4.65. The standard InChI is InChI=1S/C20H18ClNO4/c1-2-26-20(25)14-7-9(3-6-15(14)21)22-18(23)16-10-4-5-11(13-8-12(10)13)17(16)19(22)24/h3-7,10-13,16-17H,2,8H2,1H3/t10-,11+,12-,13-,16+,17+/m1/s1. The summed E-state index contributed by atoms with van der Waals surface area (Å²) >= 11 is 6.11. The van der Waals surface area contributed by atoms with Crippen LogP contribution in [0.1, 0.15) is 23.7 Å². The van der Waals surface area contributed by atoms with E-state index < -0.39 is 5.97 Å². The Balaban J connectivity index is 1.52. The van der Waals surface area contributed by atoms with Crippen molar-refractivity contribution in [2.24, 2.45) is 35.5 Å². The summed E-state index contributed by atoms with van der Waals surface area (Å²) in [5, 5.41) is 0.242. The second-order valence-corrected chi connectivity index (χ2v) is 7.96. The Morgan fingerprint density at radius 1 is 1.15 bits per heavy atom. The van der Waals surface area contributed by atoms with Gasteiger partial charge >= 0.3 is 5.97 Å². The number of hydrogen-bond acceptors (Lipinski definition) is 4. The van der Waals surface area contributed by atoms with Gasteiger partial charge < -0.3 is 4.74 Å². The van der Waals surface area contributed by atoms with Crippen LogP contribution < -0.4 is 4.90 Å². The van der Waals surface area contributed by atoms with E-state index in [2.05, 4.69) is 12.2 Å². The molecule has 2 saturated carbocycles. The fraction of sp³-hybridized carbons (Fsp3) is 0.450. The maximum atomic E-state index is 13.1. The van der Waals surface area contributed by atoms with Crippen LogP contribution in [-0.4, -0.2) is 24.4 Å². The lowest BCUT2D eigenvalue weighted by molar-refractivity contribution is -0.124. The third-order valence-electron chi connectivity index (χ3n) is 6.37. The number of nitrogens with zero attached hydrogens (tertiary/aromatic N) is 1. The van der Waals surface area contributed by atoms with Crippen molar-refractivity contribution < 1.29 is 19.1 Å². The van der Waals surface area contributed by atoms with Crippen molar-refractivity contribution in [1.29, 1.82) is 0 Å². The van der Waals surface area contributed by atoms with Crippen molar-refractivity contribution in [3.05, 3.63) is 40.9 Å². The SMILES string of the molecule is CCOC(=O)c1cc(N2C(=O)[C@H]3[C@@H]4C=C[C@@H]([C@H]5C[C@H]45)[C@@H]3C2=O)ccc1Cl. The highest BCUT2D eigenvalue weighted by Crippen LogP contribution is 2.65. The summed E-state index contributed by atoms with van der Waals surface area (Å²) < 4.78 is 5.02. The number of halogens is 1. The third-order valence-corrected chi connectivity index (χ3v) is 6.70. The molecule has 1 aliphatic heterocycles. The van der Waals surface area contributed by atoms with Crippen LogP contribution in [0.2, 0.25) is 5.02 Å². The Bertz CT molecular complexity index is 843. The summed E-state index contributed by atoms with van der Waals surface area (Å²) in [6.45, 7) is 1.94. The number of ether oxygens (including phenoxy) is 1. The van der Waals surface area contributed by atoms with Gasteiger partial charge in [0.2, 0.25) is 11.8 Å². The van der Waals surface area contributed by atoms with Gasteiger partial charge in [0.15, 0.2) is 0 Å². The number of hydrogen-bond donors (Lipinski definition) is 0. The highest BCUT2D eigenvalue weighted by molar-refractivity contribution is 6.34. The van der Waals surface area contributed by atoms with Crippen LogP contribution in [0.5, 0.6) is 0 Å². The lowest BCUT2D eigenvalue weighted by Crippen LogP contribution is -2.40. The average Bonchev–Trinajstić information content (AvgIpc) is 3.40. The van der Waals surface area contributed by atoms with Gasteiger partial charge in [0.25, 0.3) is 0 Å². The Labute approximate surface area is 155 Å². The fourth-order valence-corrected chi connectivity index (χ4v) is 5.42. The Morgan fingerprint density at radius 2 is 1.77 bits per heavy atom. The number of carbonyl (C=O) groups is 3. The molecule has 1 saturated heterocycles. The largest absolute Gasteiger partial charge is 0.462 e. The molecule has 26 heavy (non-hydrogen) atoms. The minimum Gasteiger partial charge on any atom is -0.462 e. The average molecular weight is 372 g/mol. The van der Waals surface area contributed by atoms with E-state index >= 15 is 0 Å². The molecule has 0 N–H and O–H groups in total. The number of allylic oxidation sites excluding steroid dienone is 2. The molecule has 3 fully saturated rings. The molecule has 2 bridgehead atoms. The van der Waals surface area contributed by atoms with Gasteiger partial charge in [0.05, 0.1) is 34.7 Å². The van der Waals surface area contributed by atoms with Gasteiger partial charge in [-0.05, 0) is 55.2 Å². The molecular formula is C20H18ClNO4. The van der Waals surface area contributed by atoms with Crippen molar-refractivity contribution in [2.45, 2.75) is 13.3 Å². The molecule has 0 radical (unpaired) electrons. The highest BCUT2D eigenvalue weighted by atomic mass is 35.5. The first-order valence-electron chi connectivity index (χ1n) is 9.05. The van der Waals surface area contributed by atoms with Crippen molar-refractivity contribution in [3.63, 3.8) is 0 Å². The number of carbonyl (C=O) groups excluding carboxylic acids is 3. The Morgan fingerprint density at radius 3 is 2.35 bits per heavy atom. The second-order valence-electron chi connectivity index (χ2n) is 7.55. The van der Waals surface area contributed by atoms with Crippen LogP contribution in [0.4, 0.5) is 5.69 Å². The van der Waals surface area contributed by atoms with Crippen molar-refractivity contribution in [1.82, 2.24) is 0 Å². The number of imide groups is 1. The van der Waals surface area contributed by atoms with Crippen molar-refractivity contribution >= 4 is 35.1 Å². The van der Waals surface area contributed by atoms with E-state index in [1.165, 1.54) is 17.0 Å². The van der Waals surface area contributed by atoms with E-state index in [1.54, 1.807) is 13.0 Å². The number of anilines is 1. The summed E-state index contributed by atoms with van der Waals surface area (Å²) in [5.41, 5.74) is 0.570. The van der Waals surface area contributed by atoms with Crippen molar-refractivity contribution in [2.75, 3.05) is 11.5 Å². The van der Waals surface area contributed by atoms with Crippen LogP contribution in [0.25, 0.3) is 0 Å². The Hall–Kier alpha value is -2.14. The van der Waals surface area contributed by atoms with Gasteiger partial charge in [-0.3, -0.25) is 9.59 Å². The molecule has 1 heterocycles. The molecule has 5 aliphatic rings. The monoisotopic (exact) mass is 371 g/mol. The molecule has 134 valence electrons. The van der Waals surface area contributed by atoms with Gasteiger partial charge in [0.1, 0.15) is 0 Å². The zero-order chi connectivity index (χ0) is 18.2. The van der Waals surface area contributed by atoms with E-state index in [9.17, 15) is 14.4 Å². The lowest BCUT2D eigenvalue weighted by atomic mass is 9.63. The summed E-state index contributed by atoms with van der Waals surface area (Å²) in [5.74, 6) is 0.0847. The van der Waals surface area contributed by atoms with Crippen LogP contribution in [0.15, 0.2) is 30.4 Å². The Kier molecular flexibility index (Phi) is 3.35. The van der Waals surface area contributed by atoms with E-state index in [-0.39, 0.29) is 52.7 Å². The first-order chi connectivity index (χ1) is 12.5. The predicted octanol–water partition coefficient (Wildman–Crippen LogP) is 3.07. The maximum absolute atomic E-state index is 13.1. The molecule has 6 heteroatoms. The quantitative estimate of drug-likeness (QED) is 0.465. The minimum atomic E-state index is -0.557. The third kappa shape index (κ3) is 2.01. The molecule has 5 nitrogen and oxygen atoms in total. The zero-order valence-corrected chi connectivity index (χ0v) is 15.0. The van der Waals surface area contributed by atoms with E-state index in [0.29, 0.717) is 17.5 Å². The summed E-state index contributed by atoms with van der Waals surface area (Å²) in [6.07, 6.45) is 5.41. The number of rotatable bonds is 3.